The van der Waals surface area contributed by atoms with Crippen molar-refractivity contribution in [2.75, 3.05) is 7.05 Å². The first-order chi connectivity index (χ1) is 9.93. The van der Waals surface area contributed by atoms with Gasteiger partial charge in [0.15, 0.2) is 0 Å². The molecule has 0 spiro atoms. The van der Waals surface area contributed by atoms with Gasteiger partial charge in [-0.15, -0.1) is 0 Å². The fraction of sp³-hybridized carbons (Fsp3) is 0.467. The van der Waals surface area contributed by atoms with Gasteiger partial charge in [0.2, 0.25) is 0 Å². The number of benzene rings is 1. The number of nitrogens with zero attached hydrogens (tertiary/aromatic N) is 1. The highest BCUT2D eigenvalue weighted by Gasteiger charge is 2.18. The Balaban J connectivity index is 2.60. The number of carboxylic acid groups (broad SMARTS) is 1. The molecule has 5 nitrogen and oxygen atoms in total. The van der Waals surface area contributed by atoms with Gasteiger partial charge >= 0.3 is 12.0 Å². The van der Waals surface area contributed by atoms with E-state index in [1.807, 2.05) is 25.1 Å². The van der Waals surface area contributed by atoms with E-state index in [1.165, 1.54) is 4.90 Å². The smallest absolute Gasteiger partial charge is 0.317 e. The average molecular weight is 313 g/mol. The maximum absolute atomic E-state index is 12.1. The van der Waals surface area contributed by atoms with Gasteiger partial charge in [0.05, 0.1) is 6.42 Å². The van der Waals surface area contributed by atoms with Gasteiger partial charge in [0.1, 0.15) is 0 Å². The van der Waals surface area contributed by atoms with Gasteiger partial charge < -0.3 is 15.3 Å². The number of carbonyl (C=O) groups is 2. The van der Waals surface area contributed by atoms with Crippen LogP contribution in [0.3, 0.4) is 0 Å². The Morgan fingerprint density at radius 1 is 1.38 bits per heavy atom. The van der Waals surface area contributed by atoms with E-state index < -0.39 is 5.97 Å². The molecule has 0 fully saturated rings. The summed E-state index contributed by atoms with van der Waals surface area (Å²) in [6, 6.07) is 6.66. The molecule has 0 aliphatic heterocycles. The molecule has 0 radical (unpaired) electrons. The van der Waals surface area contributed by atoms with Crippen LogP contribution in [0.15, 0.2) is 24.3 Å². The minimum atomic E-state index is -0.914. The molecule has 2 amide bonds. The second-order valence-corrected chi connectivity index (χ2v) is 5.39. The third-order valence-corrected chi connectivity index (χ3v) is 3.47. The molecule has 0 aliphatic carbocycles. The van der Waals surface area contributed by atoms with Crippen LogP contribution in [-0.4, -0.2) is 35.1 Å². The van der Waals surface area contributed by atoms with Gasteiger partial charge in [0, 0.05) is 24.7 Å². The van der Waals surface area contributed by atoms with Crippen LogP contribution < -0.4 is 5.32 Å². The predicted octanol–water partition coefficient (Wildman–Crippen LogP) is 3.12. The number of carboxylic acids is 1. The molecule has 0 saturated carbocycles. The number of halogens is 1. The molecular formula is C15H21ClN2O3. The summed E-state index contributed by atoms with van der Waals surface area (Å²) >= 11 is 6.06. The number of hydrogen-bond acceptors (Lipinski definition) is 2. The number of aliphatic carboxylic acids is 1. The Kier molecular flexibility index (Phi) is 7.02. The molecule has 0 unspecified atom stereocenters. The van der Waals surface area contributed by atoms with Gasteiger partial charge in [-0.2, -0.15) is 0 Å². The van der Waals surface area contributed by atoms with E-state index in [4.69, 9.17) is 16.7 Å². The summed E-state index contributed by atoms with van der Waals surface area (Å²) < 4.78 is 0. The Morgan fingerprint density at radius 3 is 2.62 bits per heavy atom. The number of carbonyl (C=O) groups excluding carboxylic acids is 1. The van der Waals surface area contributed by atoms with Crippen LogP contribution in [0.4, 0.5) is 4.79 Å². The van der Waals surface area contributed by atoms with E-state index >= 15 is 0 Å². The number of urea groups is 1. The fourth-order valence-electron chi connectivity index (χ4n) is 2.02. The van der Waals surface area contributed by atoms with Crippen LogP contribution in [0, 0.1) is 0 Å². The lowest BCUT2D eigenvalue weighted by molar-refractivity contribution is -0.137. The minimum absolute atomic E-state index is 0.0699. The van der Waals surface area contributed by atoms with Crippen molar-refractivity contribution in [3.63, 3.8) is 0 Å². The van der Waals surface area contributed by atoms with Crippen LogP contribution in [0.1, 0.15) is 31.7 Å². The van der Waals surface area contributed by atoms with Crippen LogP contribution in [0.25, 0.3) is 0 Å². The van der Waals surface area contributed by atoms with Crippen molar-refractivity contribution in [2.24, 2.45) is 0 Å². The molecule has 1 atom stereocenters. The molecule has 2 N–H and O–H groups in total. The molecule has 0 heterocycles. The van der Waals surface area contributed by atoms with Gasteiger partial charge in [-0.05, 0) is 18.1 Å². The van der Waals surface area contributed by atoms with Crippen LogP contribution in [-0.2, 0) is 11.3 Å². The summed E-state index contributed by atoms with van der Waals surface area (Å²) in [5.74, 6) is -0.914. The first-order valence-electron chi connectivity index (χ1n) is 6.90. The molecule has 21 heavy (non-hydrogen) atoms. The standard InChI is InChI=1S/C15H21ClN2O3/c1-3-6-12(9-14(19)20)17-15(21)18(2)10-11-7-4-5-8-13(11)16/h4-5,7-8,12H,3,6,9-10H2,1-2H3,(H,17,21)(H,19,20)/t12-/m0/s1. The van der Waals surface area contributed by atoms with E-state index in [1.54, 1.807) is 13.1 Å². The lowest BCUT2D eigenvalue weighted by Crippen LogP contribution is -2.43. The number of nitrogens with one attached hydrogen (secondary N) is 1. The maximum atomic E-state index is 12.1. The Bertz CT molecular complexity index is 494. The first kappa shape index (κ1) is 17.3. The Hall–Kier alpha value is -1.75. The molecule has 1 aromatic carbocycles. The second-order valence-electron chi connectivity index (χ2n) is 4.98. The molecule has 0 saturated heterocycles. The zero-order valence-corrected chi connectivity index (χ0v) is 13.1. The largest absolute Gasteiger partial charge is 0.481 e. The van der Waals surface area contributed by atoms with Crippen molar-refractivity contribution < 1.29 is 14.7 Å². The minimum Gasteiger partial charge on any atom is -0.481 e. The first-order valence-corrected chi connectivity index (χ1v) is 7.28. The molecule has 116 valence electrons. The quantitative estimate of drug-likeness (QED) is 0.812. The van der Waals surface area contributed by atoms with Crippen molar-refractivity contribution in [3.05, 3.63) is 34.9 Å². The highest BCUT2D eigenvalue weighted by atomic mass is 35.5. The Labute approximate surface area is 129 Å². The Morgan fingerprint density at radius 2 is 2.05 bits per heavy atom. The van der Waals surface area contributed by atoms with Gasteiger partial charge in [-0.25, -0.2) is 4.79 Å². The molecule has 0 aromatic heterocycles. The third-order valence-electron chi connectivity index (χ3n) is 3.10. The summed E-state index contributed by atoms with van der Waals surface area (Å²) in [4.78, 5) is 24.4. The number of hydrogen-bond donors (Lipinski definition) is 2. The third kappa shape index (κ3) is 6.04. The van der Waals surface area contributed by atoms with E-state index in [2.05, 4.69) is 5.32 Å². The summed E-state index contributed by atoms with van der Waals surface area (Å²) in [6.45, 7) is 2.33. The number of amides is 2. The monoisotopic (exact) mass is 312 g/mol. The summed E-state index contributed by atoms with van der Waals surface area (Å²) in [7, 11) is 1.66. The van der Waals surface area contributed by atoms with E-state index in [9.17, 15) is 9.59 Å². The fourth-order valence-corrected chi connectivity index (χ4v) is 2.22. The molecule has 1 aromatic rings. The predicted molar refractivity (Wildman–Crippen MR) is 82.4 cm³/mol. The van der Waals surface area contributed by atoms with Crippen molar-refractivity contribution in [3.8, 4) is 0 Å². The molecule has 0 aliphatic rings. The normalized spacial score (nSPS) is 11.8. The summed E-state index contributed by atoms with van der Waals surface area (Å²) in [6.07, 6.45) is 1.38. The molecular weight excluding hydrogens is 292 g/mol. The highest BCUT2D eigenvalue weighted by Crippen LogP contribution is 2.16. The SMILES string of the molecule is CCC[C@@H](CC(=O)O)NC(=O)N(C)Cc1ccccc1Cl. The second kappa shape index (κ2) is 8.52. The number of rotatable bonds is 7. The van der Waals surface area contributed by atoms with E-state index in [0.29, 0.717) is 18.0 Å². The van der Waals surface area contributed by atoms with E-state index in [0.717, 1.165) is 12.0 Å². The summed E-state index contributed by atoms with van der Waals surface area (Å²) in [5, 5.41) is 12.2. The molecule has 0 bridgehead atoms. The van der Waals surface area contributed by atoms with Gasteiger partial charge in [-0.1, -0.05) is 43.1 Å². The van der Waals surface area contributed by atoms with Crippen molar-refractivity contribution in [1.82, 2.24) is 10.2 Å². The topological polar surface area (TPSA) is 69.6 Å². The van der Waals surface area contributed by atoms with Crippen LogP contribution in [0.5, 0.6) is 0 Å². The zero-order valence-electron chi connectivity index (χ0n) is 12.3. The van der Waals surface area contributed by atoms with Gasteiger partial charge in [-0.3, -0.25) is 4.79 Å². The molecule has 6 heteroatoms. The van der Waals surface area contributed by atoms with E-state index in [-0.39, 0.29) is 18.5 Å². The lowest BCUT2D eigenvalue weighted by atomic mass is 10.1. The van der Waals surface area contributed by atoms with Crippen molar-refractivity contribution in [2.45, 2.75) is 38.8 Å². The average Bonchev–Trinajstić information content (AvgIpc) is 2.40. The summed E-state index contributed by atoms with van der Waals surface area (Å²) in [5.41, 5.74) is 0.849. The lowest BCUT2D eigenvalue weighted by Gasteiger charge is -2.23. The van der Waals surface area contributed by atoms with Crippen LogP contribution in [0.2, 0.25) is 5.02 Å². The van der Waals surface area contributed by atoms with Crippen LogP contribution >= 0.6 is 11.6 Å². The van der Waals surface area contributed by atoms with Crippen molar-refractivity contribution in [1.29, 1.82) is 0 Å². The molecule has 1 rings (SSSR count). The van der Waals surface area contributed by atoms with Gasteiger partial charge in [0.25, 0.3) is 0 Å². The van der Waals surface area contributed by atoms with Crippen molar-refractivity contribution >= 4 is 23.6 Å². The zero-order chi connectivity index (χ0) is 15.8. The maximum Gasteiger partial charge on any atom is 0.317 e. The highest BCUT2D eigenvalue weighted by molar-refractivity contribution is 6.31.